The van der Waals surface area contributed by atoms with Gasteiger partial charge >= 0.3 is 11.9 Å². The highest BCUT2D eigenvalue weighted by Gasteiger charge is 2.19. The maximum atomic E-state index is 11.6. The molecule has 0 amide bonds. The van der Waals surface area contributed by atoms with Gasteiger partial charge in [0.05, 0.1) is 6.61 Å². The Labute approximate surface area is 200 Å². The number of nitrogens with two attached hydrogens (primary N) is 2. The quantitative estimate of drug-likeness (QED) is 0.460. The first-order valence-electron chi connectivity index (χ1n) is 11.9. The fourth-order valence-electron chi connectivity index (χ4n) is 4.42. The van der Waals surface area contributed by atoms with E-state index in [1.807, 2.05) is 42.5 Å². The molecule has 0 unspecified atom stereocenters. The lowest BCUT2D eigenvalue weighted by atomic mass is 9.86. The molecule has 0 aliphatic heterocycles. The van der Waals surface area contributed by atoms with Gasteiger partial charge in [-0.25, -0.2) is 0 Å². The minimum absolute atomic E-state index is 0.300. The van der Waals surface area contributed by atoms with Gasteiger partial charge in [-0.05, 0) is 78.5 Å². The summed E-state index contributed by atoms with van der Waals surface area (Å²) < 4.78 is 4.96. The predicted molar refractivity (Wildman–Crippen MR) is 135 cm³/mol. The van der Waals surface area contributed by atoms with E-state index in [2.05, 4.69) is 18.2 Å². The number of benzene rings is 3. The van der Waals surface area contributed by atoms with E-state index < -0.39 is 18.1 Å². The van der Waals surface area contributed by atoms with Crippen LogP contribution < -0.4 is 11.5 Å². The highest BCUT2D eigenvalue weighted by molar-refractivity contribution is 5.86. The van der Waals surface area contributed by atoms with Crippen molar-refractivity contribution in [1.29, 1.82) is 0 Å². The zero-order valence-electron chi connectivity index (χ0n) is 19.7. The van der Waals surface area contributed by atoms with Crippen LogP contribution in [0.2, 0.25) is 0 Å². The Morgan fingerprint density at radius 2 is 1.53 bits per heavy atom. The molecule has 1 aliphatic carbocycles. The second-order valence-electron chi connectivity index (χ2n) is 8.61. The van der Waals surface area contributed by atoms with Gasteiger partial charge in [-0.3, -0.25) is 9.59 Å². The van der Waals surface area contributed by atoms with E-state index in [0.717, 1.165) is 29.2 Å². The maximum absolute atomic E-state index is 11.6. The third-order valence-corrected chi connectivity index (χ3v) is 6.16. The largest absolute Gasteiger partial charge is 0.480 e. The van der Waals surface area contributed by atoms with Gasteiger partial charge in [0.1, 0.15) is 12.1 Å². The standard InChI is InChI=1S/C15H21NO2.C13H13NO2/c1-2-18-15(17)14(16)10-12-8-5-7-11-6-3-4-9-13(11)12;14-12(13(15)16)8-10-6-3-5-9-4-1-2-7-11(9)10/h5,7-8,14H,2-4,6,9-10,16H2,1H3;1-7,12H,8,14H2,(H,15,16)/t14-;12-/m00/s1. The van der Waals surface area contributed by atoms with E-state index >= 15 is 0 Å². The number of rotatable bonds is 7. The Morgan fingerprint density at radius 3 is 2.29 bits per heavy atom. The molecule has 0 fully saturated rings. The first kappa shape index (κ1) is 25.4. The van der Waals surface area contributed by atoms with Crippen molar-refractivity contribution in [3.63, 3.8) is 0 Å². The summed E-state index contributed by atoms with van der Waals surface area (Å²) in [6.07, 6.45) is 5.70. The first-order valence-corrected chi connectivity index (χ1v) is 11.9. The Bertz CT molecular complexity index is 1120. The fourth-order valence-corrected chi connectivity index (χ4v) is 4.42. The van der Waals surface area contributed by atoms with Gasteiger partial charge in [-0.15, -0.1) is 0 Å². The number of aryl methyl sites for hydroxylation is 1. The number of carbonyl (C=O) groups is 2. The lowest BCUT2D eigenvalue weighted by molar-refractivity contribution is -0.144. The van der Waals surface area contributed by atoms with Gasteiger partial charge in [-0.1, -0.05) is 60.7 Å². The van der Waals surface area contributed by atoms with Gasteiger partial charge < -0.3 is 21.3 Å². The van der Waals surface area contributed by atoms with Crippen LogP contribution in [-0.2, 0) is 40.0 Å². The molecule has 34 heavy (non-hydrogen) atoms. The normalized spacial score (nSPS) is 14.3. The number of fused-ring (bicyclic) bond motifs is 2. The number of hydrogen-bond donors (Lipinski definition) is 3. The maximum Gasteiger partial charge on any atom is 0.323 e. The third kappa shape index (κ3) is 6.65. The number of esters is 1. The van der Waals surface area contributed by atoms with Crippen LogP contribution in [0.4, 0.5) is 0 Å². The Balaban J connectivity index is 0.000000192. The summed E-state index contributed by atoms with van der Waals surface area (Å²) in [5, 5.41) is 11.0. The van der Waals surface area contributed by atoms with Crippen molar-refractivity contribution in [2.75, 3.05) is 6.61 Å². The second kappa shape index (κ2) is 12.3. The van der Waals surface area contributed by atoms with Crippen molar-refractivity contribution >= 4 is 22.7 Å². The van der Waals surface area contributed by atoms with Gasteiger partial charge in [0, 0.05) is 0 Å². The average Bonchev–Trinajstić information content (AvgIpc) is 2.85. The molecule has 0 spiro atoms. The van der Waals surface area contributed by atoms with E-state index in [4.69, 9.17) is 21.3 Å². The number of carboxylic acids is 1. The van der Waals surface area contributed by atoms with Crippen molar-refractivity contribution < 1.29 is 19.4 Å². The highest BCUT2D eigenvalue weighted by atomic mass is 16.5. The zero-order valence-corrected chi connectivity index (χ0v) is 19.7. The Hall–Kier alpha value is -3.22. The molecular weight excluding hydrogens is 428 g/mol. The summed E-state index contributed by atoms with van der Waals surface area (Å²) in [4.78, 5) is 22.3. The van der Waals surface area contributed by atoms with Gasteiger partial charge in [0.2, 0.25) is 0 Å². The summed E-state index contributed by atoms with van der Waals surface area (Å²) in [6.45, 7) is 2.19. The Morgan fingerprint density at radius 1 is 0.882 bits per heavy atom. The van der Waals surface area contributed by atoms with Crippen molar-refractivity contribution in [1.82, 2.24) is 0 Å². The predicted octanol–water partition coefficient (Wildman–Crippen LogP) is 3.79. The molecule has 3 aromatic rings. The first-order chi connectivity index (χ1) is 16.4. The molecule has 4 rings (SSSR count). The summed E-state index contributed by atoms with van der Waals surface area (Å²) in [7, 11) is 0. The minimum Gasteiger partial charge on any atom is -0.480 e. The van der Waals surface area contributed by atoms with Gasteiger partial charge in [-0.2, -0.15) is 0 Å². The minimum atomic E-state index is -0.965. The molecule has 0 bridgehead atoms. The summed E-state index contributed by atoms with van der Waals surface area (Å²) in [5.74, 6) is -1.26. The van der Waals surface area contributed by atoms with Crippen molar-refractivity contribution in [3.8, 4) is 0 Å². The van der Waals surface area contributed by atoms with E-state index in [1.54, 1.807) is 6.92 Å². The van der Waals surface area contributed by atoms with Crippen LogP contribution in [0.15, 0.2) is 60.7 Å². The lowest BCUT2D eigenvalue weighted by Gasteiger charge is -2.20. The van der Waals surface area contributed by atoms with E-state index in [0.29, 0.717) is 19.4 Å². The number of hydrogen-bond acceptors (Lipinski definition) is 5. The molecule has 0 saturated carbocycles. The summed E-state index contributed by atoms with van der Waals surface area (Å²) in [5.41, 5.74) is 16.5. The van der Waals surface area contributed by atoms with Crippen LogP contribution in [0.1, 0.15) is 42.0 Å². The molecule has 0 saturated heterocycles. The SMILES string of the molecule is CCOC(=O)[C@@H](N)Cc1cccc2c1CCCC2.N[C@@H](Cc1cccc2ccccc12)C(=O)O. The molecule has 6 nitrogen and oxygen atoms in total. The van der Waals surface area contributed by atoms with Crippen LogP contribution >= 0.6 is 0 Å². The monoisotopic (exact) mass is 462 g/mol. The fraction of sp³-hybridized carbons (Fsp3) is 0.357. The number of aliphatic carboxylic acids is 1. The molecule has 1 aliphatic rings. The lowest BCUT2D eigenvalue weighted by Crippen LogP contribution is -2.34. The van der Waals surface area contributed by atoms with Crippen LogP contribution in [0.5, 0.6) is 0 Å². The van der Waals surface area contributed by atoms with E-state index in [-0.39, 0.29) is 5.97 Å². The van der Waals surface area contributed by atoms with Crippen LogP contribution in [-0.4, -0.2) is 35.7 Å². The molecule has 0 aromatic heterocycles. The van der Waals surface area contributed by atoms with Crippen molar-refractivity contribution in [3.05, 3.63) is 82.9 Å². The molecular formula is C28H34N2O4. The molecule has 6 heteroatoms. The van der Waals surface area contributed by atoms with Crippen molar-refractivity contribution in [2.45, 2.75) is 57.5 Å². The summed E-state index contributed by atoms with van der Waals surface area (Å²) >= 11 is 0. The topological polar surface area (TPSA) is 116 Å². The molecule has 2 atom stereocenters. The van der Waals surface area contributed by atoms with Crippen LogP contribution in [0, 0.1) is 0 Å². The number of carbonyl (C=O) groups excluding carboxylic acids is 1. The van der Waals surface area contributed by atoms with E-state index in [9.17, 15) is 9.59 Å². The average molecular weight is 463 g/mol. The molecule has 0 radical (unpaired) electrons. The number of ether oxygens (including phenoxy) is 1. The molecule has 3 aromatic carbocycles. The Kier molecular flexibility index (Phi) is 9.19. The second-order valence-corrected chi connectivity index (χ2v) is 8.61. The van der Waals surface area contributed by atoms with Gasteiger partial charge in [0.15, 0.2) is 0 Å². The van der Waals surface area contributed by atoms with Crippen LogP contribution in [0.25, 0.3) is 10.8 Å². The highest BCUT2D eigenvalue weighted by Crippen LogP contribution is 2.25. The zero-order chi connectivity index (χ0) is 24.5. The molecule has 5 N–H and O–H groups in total. The third-order valence-electron chi connectivity index (χ3n) is 6.16. The number of carboxylic acid groups (broad SMARTS) is 1. The molecule has 180 valence electrons. The summed E-state index contributed by atoms with van der Waals surface area (Å²) in [6, 6.07) is 18.7. The molecule has 0 heterocycles. The van der Waals surface area contributed by atoms with E-state index in [1.165, 1.54) is 29.5 Å². The van der Waals surface area contributed by atoms with Gasteiger partial charge in [0.25, 0.3) is 0 Å². The van der Waals surface area contributed by atoms with Crippen LogP contribution in [0.3, 0.4) is 0 Å². The van der Waals surface area contributed by atoms with Crippen molar-refractivity contribution in [2.24, 2.45) is 11.5 Å². The smallest absolute Gasteiger partial charge is 0.323 e.